The molecule has 144 valence electrons. The van der Waals surface area contributed by atoms with Crippen LogP contribution in [0, 0.1) is 26.2 Å². The van der Waals surface area contributed by atoms with E-state index in [1.165, 1.54) is 7.11 Å². The molecule has 0 saturated heterocycles. The van der Waals surface area contributed by atoms with E-state index in [0.717, 1.165) is 16.7 Å². The van der Waals surface area contributed by atoms with E-state index in [-0.39, 0.29) is 0 Å². The predicted molar refractivity (Wildman–Crippen MR) is 110 cm³/mol. The average molecular weight is 389 g/mol. The SMILES string of the molecule is COc1cc(Cl)c(C)cc1NC(=O)C(C)(C)C(=O)Nc1cc(C)ccc1C. The quantitative estimate of drug-likeness (QED) is 0.717. The van der Waals surface area contributed by atoms with Crippen molar-refractivity contribution in [2.75, 3.05) is 17.7 Å². The van der Waals surface area contributed by atoms with Crippen LogP contribution < -0.4 is 15.4 Å². The Morgan fingerprint density at radius 1 is 0.926 bits per heavy atom. The first-order chi connectivity index (χ1) is 12.6. The molecule has 2 N–H and O–H groups in total. The fourth-order valence-electron chi connectivity index (χ4n) is 2.46. The van der Waals surface area contributed by atoms with Crippen molar-refractivity contribution < 1.29 is 14.3 Å². The van der Waals surface area contributed by atoms with Gasteiger partial charge in [-0.1, -0.05) is 23.7 Å². The molecule has 6 heteroatoms. The van der Waals surface area contributed by atoms with E-state index in [2.05, 4.69) is 10.6 Å². The molecule has 0 aliphatic heterocycles. The zero-order chi connectivity index (χ0) is 20.4. The lowest BCUT2D eigenvalue weighted by atomic mass is 9.90. The number of ether oxygens (including phenoxy) is 1. The molecule has 0 fully saturated rings. The first-order valence-electron chi connectivity index (χ1n) is 8.60. The Morgan fingerprint density at radius 3 is 2.11 bits per heavy atom. The zero-order valence-electron chi connectivity index (χ0n) is 16.5. The maximum absolute atomic E-state index is 12.8. The maximum atomic E-state index is 12.8. The summed E-state index contributed by atoms with van der Waals surface area (Å²) in [5.41, 5.74) is 2.62. The number of anilines is 2. The number of methoxy groups -OCH3 is 1. The van der Waals surface area contributed by atoms with Gasteiger partial charge >= 0.3 is 0 Å². The Morgan fingerprint density at radius 2 is 1.52 bits per heavy atom. The lowest BCUT2D eigenvalue weighted by Crippen LogP contribution is -2.41. The molecule has 0 saturated carbocycles. The minimum atomic E-state index is -1.30. The number of benzene rings is 2. The number of hydrogen-bond donors (Lipinski definition) is 2. The second-order valence-corrected chi connectivity index (χ2v) is 7.56. The molecule has 0 aromatic heterocycles. The van der Waals surface area contributed by atoms with E-state index < -0.39 is 17.2 Å². The predicted octanol–water partition coefficient (Wildman–Crippen LogP) is 4.88. The van der Waals surface area contributed by atoms with Crippen molar-refractivity contribution in [3.05, 3.63) is 52.0 Å². The molecule has 0 heterocycles. The highest BCUT2D eigenvalue weighted by Crippen LogP contribution is 2.32. The Balaban J connectivity index is 2.23. The van der Waals surface area contributed by atoms with Crippen LogP contribution in [0.2, 0.25) is 5.02 Å². The number of amides is 2. The molecule has 27 heavy (non-hydrogen) atoms. The molecule has 2 rings (SSSR count). The van der Waals surface area contributed by atoms with Gasteiger partial charge < -0.3 is 15.4 Å². The first kappa shape index (κ1) is 20.8. The molecular weight excluding hydrogens is 364 g/mol. The monoisotopic (exact) mass is 388 g/mol. The maximum Gasteiger partial charge on any atom is 0.239 e. The van der Waals surface area contributed by atoms with Gasteiger partial charge in [0.05, 0.1) is 12.8 Å². The van der Waals surface area contributed by atoms with E-state index in [4.69, 9.17) is 16.3 Å². The second-order valence-electron chi connectivity index (χ2n) is 7.15. The van der Waals surface area contributed by atoms with Crippen molar-refractivity contribution in [3.8, 4) is 5.75 Å². The van der Waals surface area contributed by atoms with Crippen LogP contribution in [0.4, 0.5) is 11.4 Å². The number of hydrogen-bond acceptors (Lipinski definition) is 3. The summed E-state index contributed by atoms with van der Waals surface area (Å²) in [7, 11) is 1.50. The lowest BCUT2D eigenvalue weighted by molar-refractivity contribution is -0.135. The number of aryl methyl sites for hydroxylation is 3. The van der Waals surface area contributed by atoms with E-state index in [0.29, 0.717) is 22.1 Å². The van der Waals surface area contributed by atoms with Gasteiger partial charge in [-0.3, -0.25) is 9.59 Å². The van der Waals surface area contributed by atoms with E-state index in [1.54, 1.807) is 26.0 Å². The lowest BCUT2D eigenvalue weighted by Gasteiger charge is -2.24. The summed E-state index contributed by atoms with van der Waals surface area (Å²) in [6.45, 7) is 8.84. The molecule has 2 aromatic rings. The molecule has 2 aromatic carbocycles. The largest absolute Gasteiger partial charge is 0.495 e. The molecule has 0 unspecified atom stereocenters. The minimum absolute atomic E-state index is 0.390. The van der Waals surface area contributed by atoms with E-state index in [1.807, 2.05) is 39.0 Å². The summed E-state index contributed by atoms with van der Waals surface area (Å²) in [6.07, 6.45) is 0. The van der Waals surface area contributed by atoms with Gasteiger partial charge in [-0.25, -0.2) is 0 Å². The summed E-state index contributed by atoms with van der Waals surface area (Å²) in [6, 6.07) is 9.14. The minimum Gasteiger partial charge on any atom is -0.495 e. The molecule has 0 radical (unpaired) electrons. The highest BCUT2D eigenvalue weighted by molar-refractivity contribution is 6.31. The van der Waals surface area contributed by atoms with Gasteiger partial charge in [0, 0.05) is 16.8 Å². The summed E-state index contributed by atoms with van der Waals surface area (Å²) >= 11 is 6.10. The molecule has 5 nitrogen and oxygen atoms in total. The van der Waals surface area contributed by atoms with Crippen LogP contribution in [-0.2, 0) is 9.59 Å². The summed E-state index contributed by atoms with van der Waals surface area (Å²) < 4.78 is 5.28. The van der Waals surface area contributed by atoms with Gasteiger partial charge in [0.1, 0.15) is 11.2 Å². The molecule has 2 amide bonds. The van der Waals surface area contributed by atoms with Gasteiger partial charge in [-0.2, -0.15) is 0 Å². The molecule has 0 spiro atoms. The van der Waals surface area contributed by atoms with Crippen LogP contribution in [0.25, 0.3) is 0 Å². The number of halogens is 1. The smallest absolute Gasteiger partial charge is 0.239 e. The fourth-order valence-corrected chi connectivity index (χ4v) is 2.61. The molecular formula is C21H25ClN2O3. The summed E-state index contributed by atoms with van der Waals surface area (Å²) in [5.74, 6) is -0.395. The van der Waals surface area contributed by atoms with Gasteiger partial charge in [-0.05, 0) is 63.4 Å². The average Bonchev–Trinajstić information content (AvgIpc) is 2.60. The van der Waals surface area contributed by atoms with Crippen molar-refractivity contribution in [1.29, 1.82) is 0 Å². The van der Waals surface area contributed by atoms with Gasteiger partial charge in [0.25, 0.3) is 0 Å². The van der Waals surface area contributed by atoms with Crippen molar-refractivity contribution in [2.24, 2.45) is 5.41 Å². The Labute approximate surface area is 165 Å². The first-order valence-corrected chi connectivity index (χ1v) is 8.98. The third kappa shape index (κ3) is 4.61. The molecule has 0 aliphatic rings. The summed E-state index contributed by atoms with van der Waals surface area (Å²) in [4.78, 5) is 25.6. The number of carbonyl (C=O) groups excluding carboxylic acids is 2. The van der Waals surface area contributed by atoms with Crippen LogP contribution in [-0.4, -0.2) is 18.9 Å². The van der Waals surface area contributed by atoms with Crippen LogP contribution in [0.3, 0.4) is 0 Å². The van der Waals surface area contributed by atoms with Crippen molar-refractivity contribution in [1.82, 2.24) is 0 Å². The van der Waals surface area contributed by atoms with Crippen LogP contribution in [0.5, 0.6) is 5.75 Å². The zero-order valence-corrected chi connectivity index (χ0v) is 17.2. The van der Waals surface area contributed by atoms with Crippen LogP contribution >= 0.6 is 11.6 Å². The Hall–Kier alpha value is -2.53. The van der Waals surface area contributed by atoms with Gasteiger partial charge in [0.2, 0.25) is 11.8 Å². The third-order valence-electron chi connectivity index (χ3n) is 4.51. The highest BCUT2D eigenvalue weighted by Gasteiger charge is 2.36. The van der Waals surface area contributed by atoms with Gasteiger partial charge in [0.15, 0.2) is 0 Å². The van der Waals surface area contributed by atoms with Crippen LogP contribution in [0.15, 0.2) is 30.3 Å². The van der Waals surface area contributed by atoms with Crippen molar-refractivity contribution in [2.45, 2.75) is 34.6 Å². The number of carbonyl (C=O) groups is 2. The molecule has 0 aliphatic carbocycles. The van der Waals surface area contributed by atoms with Crippen molar-refractivity contribution >= 4 is 34.8 Å². The highest BCUT2D eigenvalue weighted by atomic mass is 35.5. The normalized spacial score (nSPS) is 11.1. The van der Waals surface area contributed by atoms with E-state index >= 15 is 0 Å². The molecule has 0 atom stereocenters. The molecule has 0 bridgehead atoms. The van der Waals surface area contributed by atoms with E-state index in [9.17, 15) is 9.59 Å². The summed E-state index contributed by atoms with van der Waals surface area (Å²) in [5, 5.41) is 6.17. The fraction of sp³-hybridized carbons (Fsp3) is 0.333. The Kier molecular flexibility index (Phi) is 6.16. The second kappa shape index (κ2) is 8.01. The topological polar surface area (TPSA) is 67.4 Å². The van der Waals surface area contributed by atoms with Crippen molar-refractivity contribution in [3.63, 3.8) is 0 Å². The number of nitrogens with one attached hydrogen (secondary N) is 2. The standard InChI is InChI=1S/C21H25ClN2O3/c1-12-7-8-13(2)16(9-12)23-19(25)21(4,5)20(26)24-17-10-14(3)15(22)11-18(17)27-6/h7-11H,1-6H3,(H,23,25)(H,24,26). The Bertz CT molecular complexity index is 891. The number of rotatable bonds is 5. The van der Waals surface area contributed by atoms with Crippen LogP contribution in [0.1, 0.15) is 30.5 Å². The third-order valence-corrected chi connectivity index (χ3v) is 4.91. The van der Waals surface area contributed by atoms with Gasteiger partial charge in [-0.15, -0.1) is 0 Å².